The molecule has 0 aliphatic heterocycles. The molecule has 0 aliphatic rings. The van der Waals surface area contributed by atoms with Gasteiger partial charge in [0.05, 0.1) is 0 Å². The molecular formula is C15H24ClFIN3S. The van der Waals surface area contributed by atoms with Crippen LogP contribution >= 0.6 is 47.3 Å². The van der Waals surface area contributed by atoms with E-state index in [9.17, 15) is 4.39 Å². The van der Waals surface area contributed by atoms with Gasteiger partial charge in [0, 0.05) is 29.9 Å². The Labute approximate surface area is 158 Å². The van der Waals surface area contributed by atoms with Gasteiger partial charge in [0.15, 0.2) is 5.96 Å². The standard InChI is InChI=1S/C15H23ClFN3S.HI/c1-15(2,21-4)10-20-14(18-3)19-8-7-11-5-6-12(17)9-13(11)16;/h5-6,9H,7-8,10H2,1-4H3,(H2,18,19,20);1H. The molecule has 0 radical (unpaired) electrons. The lowest BCUT2D eigenvalue weighted by Crippen LogP contribution is -2.43. The molecule has 0 saturated heterocycles. The minimum absolute atomic E-state index is 0. The third-order valence-electron chi connectivity index (χ3n) is 3.16. The molecular weight excluding hydrogens is 436 g/mol. The summed E-state index contributed by atoms with van der Waals surface area (Å²) >= 11 is 7.81. The Balaban J connectivity index is 0.00000441. The fourth-order valence-electron chi connectivity index (χ4n) is 1.63. The molecule has 126 valence electrons. The zero-order chi connectivity index (χ0) is 15.9. The van der Waals surface area contributed by atoms with Gasteiger partial charge in [-0.1, -0.05) is 17.7 Å². The van der Waals surface area contributed by atoms with Gasteiger partial charge in [0.1, 0.15) is 5.82 Å². The number of aliphatic imine (C=N–C) groups is 1. The average Bonchev–Trinajstić information content (AvgIpc) is 2.44. The normalized spacial score (nSPS) is 11.8. The molecule has 0 fully saturated rings. The van der Waals surface area contributed by atoms with E-state index in [4.69, 9.17) is 11.6 Å². The minimum Gasteiger partial charge on any atom is -0.356 e. The lowest BCUT2D eigenvalue weighted by Gasteiger charge is -2.23. The van der Waals surface area contributed by atoms with Crippen LogP contribution in [0.4, 0.5) is 4.39 Å². The number of hydrogen-bond acceptors (Lipinski definition) is 2. The SMILES string of the molecule is CN=C(NCCc1ccc(F)cc1Cl)NCC(C)(C)SC.I. The van der Waals surface area contributed by atoms with Crippen LogP contribution in [-0.4, -0.2) is 37.1 Å². The number of thioether (sulfide) groups is 1. The summed E-state index contributed by atoms with van der Waals surface area (Å²) in [6.45, 7) is 5.86. The number of rotatable bonds is 6. The maximum atomic E-state index is 13.0. The second-order valence-electron chi connectivity index (χ2n) is 5.30. The van der Waals surface area contributed by atoms with Crippen LogP contribution in [0.3, 0.4) is 0 Å². The van der Waals surface area contributed by atoms with Crippen molar-refractivity contribution < 1.29 is 4.39 Å². The molecule has 0 unspecified atom stereocenters. The Morgan fingerprint density at radius 3 is 2.59 bits per heavy atom. The maximum Gasteiger partial charge on any atom is 0.191 e. The van der Waals surface area contributed by atoms with Gasteiger partial charge in [-0.05, 0) is 44.2 Å². The highest BCUT2D eigenvalue weighted by atomic mass is 127. The first-order chi connectivity index (χ1) is 9.88. The Morgan fingerprint density at radius 1 is 1.36 bits per heavy atom. The third kappa shape index (κ3) is 7.87. The van der Waals surface area contributed by atoms with Crippen molar-refractivity contribution in [2.75, 3.05) is 26.4 Å². The molecule has 22 heavy (non-hydrogen) atoms. The Hall–Kier alpha value is -0.210. The Morgan fingerprint density at radius 2 is 2.05 bits per heavy atom. The van der Waals surface area contributed by atoms with Crippen molar-refractivity contribution in [3.05, 3.63) is 34.6 Å². The first kappa shape index (κ1) is 21.8. The van der Waals surface area contributed by atoms with Gasteiger partial charge in [0.2, 0.25) is 0 Å². The van der Waals surface area contributed by atoms with Gasteiger partial charge in [0.25, 0.3) is 0 Å². The Bertz CT molecular complexity index is 498. The van der Waals surface area contributed by atoms with E-state index in [1.165, 1.54) is 12.1 Å². The van der Waals surface area contributed by atoms with Crippen LogP contribution in [0.1, 0.15) is 19.4 Å². The van der Waals surface area contributed by atoms with E-state index in [2.05, 4.69) is 35.7 Å². The summed E-state index contributed by atoms with van der Waals surface area (Å²) in [6, 6.07) is 4.48. The zero-order valence-electron chi connectivity index (χ0n) is 13.4. The van der Waals surface area contributed by atoms with Crippen LogP contribution < -0.4 is 10.6 Å². The highest BCUT2D eigenvalue weighted by Crippen LogP contribution is 2.19. The van der Waals surface area contributed by atoms with E-state index in [0.717, 1.165) is 18.1 Å². The van der Waals surface area contributed by atoms with Gasteiger partial charge in [-0.15, -0.1) is 24.0 Å². The smallest absolute Gasteiger partial charge is 0.191 e. The summed E-state index contributed by atoms with van der Waals surface area (Å²) in [7, 11) is 1.74. The van der Waals surface area contributed by atoms with Crippen LogP contribution in [-0.2, 0) is 6.42 Å². The first-order valence-electron chi connectivity index (χ1n) is 6.81. The van der Waals surface area contributed by atoms with E-state index in [1.54, 1.807) is 24.9 Å². The number of guanidine groups is 1. The molecule has 3 nitrogen and oxygen atoms in total. The summed E-state index contributed by atoms with van der Waals surface area (Å²) in [4.78, 5) is 4.19. The van der Waals surface area contributed by atoms with Crippen molar-refractivity contribution in [2.24, 2.45) is 4.99 Å². The summed E-state index contributed by atoms with van der Waals surface area (Å²) in [5.74, 6) is 0.448. The molecule has 0 aliphatic carbocycles. The first-order valence-corrected chi connectivity index (χ1v) is 8.42. The highest BCUT2D eigenvalue weighted by molar-refractivity contribution is 14.0. The summed E-state index contributed by atoms with van der Waals surface area (Å²) in [6.07, 6.45) is 2.81. The van der Waals surface area contributed by atoms with E-state index in [1.807, 2.05) is 0 Å². The summed E-state index contributed by atoms with van der Waals surface area (Å²) in [5.41, 5.74) is 0.922. The molecule has 0 saturated carbocycles. The molecule has 1 aromatic rings. The van der Waals surface area contributed by atoms with E-state index in [0.29, 0.717) is 18.0 Å². The highest BCUT2D eigenvalue weighted by Gasteiger charge is 2.15. The van der Waals surface area contributed by atoms with Gasteiger partial charge < -0.3 is 10.6 Å². The van der Waals surface area contributed by atoms with Crippen LogP contribution in [0.5, 0.6) is 0 Å². The van der Waals surface area contributed by atoms with E-state index in [-0.39, 0.29) is 34.5 Å². The maximum absolute atomic E-state index is 13.0. The number of hydrogen-bond donors (Lipinski definition) is 2. The number of nitrogens with zero attached hydrogens (tertiary/aromatic N) is 1. The molecule has 1 aromatic carbocycles. The molecule has 0 heterocycles. The largest absolute Gasteiger partial charge is 0.356 e. The summed E-state index contributed by atoms with van der Waals surface area (Å²) in [5, 5.41) is 6.99. The van der Waals surface area contributed by atoms with E-state index < -0.39 is 0 Å². The number of halogens is 3. The molecule has 2 N–H and O–H groups in total. The predicted octanol–water partition coefficient (Wildman–Crippen LogP) is 3.95. The quantitative estimate of drug-likeness (QED) is 0.384. The monoisotopic (exact) mass is 459 g/mol. The van der Waals surface area contributed by atoms with Gasteiger partial charge in [-0.2, -0.15) is 11.8 Å². The zero-order valence-corrected chi connectivity index (χ0v) is 17.3. The fraction of sp³-hybridized carbons (Fsp3) is 0.533. The molecule has 0 aromatic heterocycles. The molecule has 0 spiro atoms. The lowest BCUT2D eigenvalue weighted by molar-refractivity contribution is 0.626. The van der Waals surface area contributed by atoms with Crippen LogP contribution in [0.2, 0.25) is 5.02 Å². The van der Waals surface area contributed by atoms with E-state index >= 15 is 0 Å². The van der Waals surface area contributed by atoms with Crippen molar-refractivity contribution in [3.63, 3.8) is 0 Å². The summed E-state index contributed by atoms with van der Waals surface area (Å²) < 4.78 is 13.1. The van der Waals surface area contributed by atoms with Crippen molar-refractivity contribution >= 4 is 53.3 Å². The lowest BCUT2D eigenvalue weighted by atomic mass is 10.1. The minimum atomic E-state index is -0.312. The van der Waals surface area contributed by atoms with Crippen molar-refractivity contribution in [1.82, 2.24) is 10.6 Å². The second-order valence-corrected chi connectivity index (χ2v) is 7.22. The average molecular weight is 460 g/mol. The van der Waals surface area contributed by atoms with Crippen molar-refractivity contribution in [2.45, 2.75) is 25.0 Å². The molecule has 0 amide bonds. The third-order valence-corrected chi connectivity index (χ3v) is 4.76. The number of benzene rings is 1. The second kappa shape index (κ2) is 10.5. The van der Waals surface area contributed by atoms with Crippen LogP contribution in [0, 0.1) is 5.82 Å². The van der Waals surface area contributed by atoms with Gasteiger partial charge in [-0.25, -0.2) is 4.39 Å². The number of nitrogens with one attached hydrogen (secondary N) is 2. The van der Waals surface area contributed by atoms with Crippen molar-refractivity contribution in [3.8, 4) is 0 Å². The Kier molecular flexibility index (Phi) is 10.4. The predicted molar refractivity (Wildman–Crippen MR) is 107 cm³/mol. The molecule has 0 bridgehead atoms. The molecule has 7 heteroatoms. The molecule has 0 atom stereocenters. The van der Waals surface area contributed by atoms with Gasteiger partial charge >= 0.3 is 0 Å². The fourth-order valence-corrected chi connectivity index (χ4v) is 2.11. The van der Waals surface area contributed by atoms with Gasteiger partial charge in [-0.3, -0.25) is 4.99 Å². The van der Waals surface area contributed by atoms with Crippen molar-refractivity contribution in [1.29, 1.82) is 0 Å². The van der Waals surface area contributed by atoms with Crippen LogP contribution in [0.15, 0.2) is 23.2 Å². The topological polar surface area (TPSA) is 36.4 Å². The van der Waals surface area contributed by atoms with Crippen LogP contribution in [0.25, 0.3) is 0 Å². The molecule has 1 rings (SSSR count).